The van der Waals surface area contributed by atoms with E-state index in [0.29, 0.717) is 95.4 Å². The summed E-state index contributed by atoms with van der Waals surface area (Å²) in [6.45, 7) is 23.0. The molecule has 32 heteroatoms. The number of sulfonamides is 1. The van der Waals surface area contributed by atoms with Gasteiger partial charge in [-0.15, -0.1) is 23.1 Å². The smallest absolute Gasteiger partial charge is 0.391 e. The Kier molecular flexibility index (Phi) is 25.1. The highest BCUT2D eigenvalue weighted by molar-refractivity contribution is 7.99. The van der Waals surface area contributed by atoms with Crippen LogP contribution in [0.4, 0.5) is 24.5 Å². The number of carbonyl (C=O) groups is 5. The quantitative estimate of drug-likeness (QED) is 0.0286. The lowest BCUT2D eigenvalue weighted by molar-refractivity contribution is -0.159. The van der Waals surface area contributed by atoms with E-state index in [0.717, 1.165) is 115 Å². The topological polar surface area (TPSA) is 270 Å². The minimum absolute atomic E-state index is 0.0262. The van der Waals surface area contributed by atoms with Crippen molar-refractivity contribution in [1.82, 2.24) is 54.6 Å². The molecule has 1 saturated carbocycles. The summed E-state index contributed by atoms with van der Waals surface area (Å²) in [5, 5.41) is 20.7. The summed E-state index contributed by atoms with van der Waals surface area (Å²) in [6.07, 6.45) is 3.22. The largest absolute Gasteiger partial charge is 0.501 e. The number of β-amino-alcohol motifs (C(OH)–C–C–N with tert-alkyl or cyclic N) is 1. The van der Waals surface area contributed by atoms with E-state index >= 15 is 0 Å². The number of nitrogens with zero attached hydrogens (tertiary/aromatic N) is 9. The van der Waals surface area contributed by atoms with Crippen LogP contribution in [0, 0.1) is 17.8 Å². The third kappa shape index (κ3) is 18.8. The second kappa shape index (κ2) is 34.4. The molecular weight excluding hydrogens is 1580 g/mol. The van der Waals surface area contributed by atoms with Crippen LogP contribution in [-0.4, -0.2) is 268 Å². The number of aromatic nitrogens is 1. The Labute approximate surface area is 684 Å². The third-order valence-electron chi connectivity index (χ3n) is 24.4. The van der Waals surface area contributed by atoms with E-state index in [1.807, 2.05) is 116 Å². The molecule has 14 rings (SSSR count). The van der Waals surface area contributed by atoms with Crippen molar-refractivity contribution in [2.24, 2.45) is 10.8 Å². The summed E-state index contributed by atoms with van der Waals surface area (Å²) in [7, 11) is -11.0. The van der Waals surface area contributed by atoms with Crippen LogP contribution in [0.25, 0.3) is 16.0 Å². The summed E-state index contributed by atoms with van der Waals surface area (Å²) in [6, 6.07) is 31.6. The first-order valence-electron chi connectivity index (χ1n) is 39.6. The number of halogens is 4. The first kappa shape index (κ1) is 83.9. The van der Waals surface area contributed by atoms with Gasteiger partial charge in [-0.1, -0.05) is 99.5 Å². The number of alkyl halides is 3. The minimum Gasteiger partial charge on any atom is -0.391 e. The number of likely N-dealkylation sites (tertiary alicyclic amines) is 3. The summed E-state index contributed by atoms with van der Waals surface area (Å²) in [5.41, 5.74) is 2.22. The number of carbonyl (C=O) groups excluding carboxylic acids is 5. The van der Waals surface area contributed by atoms with Crippen molar-refractivity contribution in [3.63, 3.8) is 0 Å². The van der Waals surface area contributed by atoms with Gasteiger partial charge >= 0.3 is 5.51 Å². The molecule has 0 radical (unpaired) electrons. The molecule has 0 bridgehead atoms. The van der Waals surface area contributed by atoms with Gasteiger partial charge in [0.1, 0.15) is 17.0 Å². The summed E-state index contributed by atoms with van der Waals surface area (Å²) < 4.78 is 105. The van der Waals surface area contributed by atoms with Crippen LogP contribution in [0.1, 0.15) is 106 Å². The Bertz CT molecular complexity index is 4810. The maximum Gasteiger partial charge on any atom is 0.501 e. The normalized spacial score (nSPS) is 24.1. The molecule has 115 heavy (non-hydrogen) atoms. The number of sulfone groups is 1. The first-order valence-corrected chi connectivity index (χ1v) is 44.8. The highest BCUT2D eigenvalue weighted by Gasteiger charge is 2.81. The average Bonchev–Trinajstić information content (AvgIpc) is 1.46. The van der Waals surface area contributed by atoms with Crippen molar-refractivity contribution < 1.29 is 63.8 Å². The van der Waals surface area contributed by atoms with E-state index < -0.39 is 82.3 Å². The Morgan fingerprint density at radius 3 is 2.14 bits per heavy atom. The number of thioether (sulfide) groups is 1. The van der Waals surface area contributed by atoms with Gasteiger partial charge in [0.2, 0.25) is 23.6 Å². The lowest BCUT2D eigenvalue weighted by Crippen LogP contribution is -2.80. The zero-order valence-corrected chi connectivity index (χ0v) is 69.8. The maximum atomic E-state index is 14.5. The number of amides is 5. The second-order valence-electron chi connectivity index (χ2n) is 33.5. The van der Waals surface area contributed by atoms with Gasteiger partial charge in [-0.3, -0.25) is 48.5 Å². The van der Waals surface area contributed by atoms with Gasteiger partial charge in [0, 0.05) is 150 Å². The zero-order valence-electron chi connectivity index (χ0n) is 65.8. The molecule has 5 amide bonds. The molecule has 7 heterocycles. The summed E-state index contributed by atoms with van der Waals surface area (Å²) in [5.74, 6) is -1.68. The molecule has 6 aromatic rings. The summed E-state index contributed by atoms with van der Waals surface area (Å²) in [4.78, 5) is 91.7. The monoisotopic (exact) mass is 1680 g/mol. The van der Waals surface area contributed by atoms with Crippen LogP contribution in [0.5, 0.6) is 0 Å². The predicted molar refractivity (Wildman–Crippen MR) is 439 cm³/mol. The molecule has 618 valence electrons. The lowest BCUT2D eigenvalue weighted by atomic mass is 9.71. The molecule has 5 aromatic carbocycles. The van der Waals surface area contributed by atoms with Crippen LogP contribution >= 0.6 is 34.7 Å². The van der Waals surface area contributed by atoms with E-state index in [4.69, 9.17) is 16.3 Å². The number of morpholine rings is 1. The lowest BCUT2D eigenvalue weighted by Gasteiger charge is -2.62. The molecule has 1 aromatic heterocycles. The second-order valence-corrected chi connectivity index (χ2v) is 39.4. The fourth-order valence-corrected chi connectivity index (χ4v) is 21.8. The number of thiazole rings is 1. The number of rotatable bonds is 28. The molecule has 9 atom stereocenters. The van der Waals surface area contributed by atoms with Gasteiger partial charge in [-0.05, 0) is 146 Å². The molecular formula is C83H103ClF3N13O11S4. The Balaban J connectivity index is 0.536. The molecule has 1 spiro atoms. The maximum absolute atomic E-state index is 14.5. The fraction of sp³-hybridized carbons (Fsp3) is 0.518. The van der Waals surface area contributed by atoms with Crippen LogP contribution in [0.15, 0.2) is 147 Å². The SMILES string of the molecule is Cc1ncsc1-c1ccc([C@H](C)NC(=O)[C@@H]2C[C@@H](O)CN2C(=O)[C@@H](NC(=O)CN2C3CN(CC(=O)N4CCN(CC5(C)CCC(c6ccc(Cl)cc6)=C(CN6CCN(c7ccc(C(=O)NS(=O)(=O)c8ccc(N[C@H](CCN9CCOCC9)CSc9ccccc9)c(S(=O)(=O)C(F)(F)F)c8)cc7)CC6)C5)CC4)[C@@]34CC24)C(C)(C)C)cc1. The molecule has 3 unspecified atom stereocenters. The van der Waals surface area contributed by atoms with Gasteiger partial charge in [0.25, 0.3) is 25.8 Å². The number of allylic oxidation sites excluding steroid dienone is 1. The fourth-order valence-electron chi connectivity index (χ4n) is 17.8. The first-order chi connectivity index (χ1) is 54.7. The number of aryl methyl sites for hydroxylation is 1. The van der Waals surface area contributed by atoms with E-state index in [2.05, 4.69) is 69.4 Å². The van der Waals surface area contributed by atoms with Gasteiger partial charge in [-0.25, -0.2) is 26.5 Å². The van der Waals surface area contributed by atoms with E-state index in [-0.39, 0.29) is 71.9 Å². The zero-order chi connectivity index (χ0) is 81.5. The van der Waals surface area contributed by atoms with Crippen molar-refractivity contribution in [1.29, 1.82) is 0 Å². The number of hydrogen-bond donors (Lipinski definition) is 5. The number of anilines is 2. The van der Waals surface area contributed by atoms with Gasteiger partial charge in [-0.2, -0.15) is 13.2 Å². The molecule has 24 nitrogen and oxygen atoms in total. The predicted octanol–water partition coefficient (Wildman–Crippen LogP) is 9.27. The van der Waals surface area contributed by atoms with Gasteiger partial charge in [0.05, 0.1) is 70.7 Å². The number of nitrogens with one attached hydrogen (secondary N) is 4. The highest BCUT2D eigenvalue weighted by Crippen LogP contribution is 2.65. The van der Waals surface area contributed by atoms with Gasteiger partial charge in [0.15, 0.2) is 0 Å². The number of benzene rings is 5. The minimum atomic E-state index is -6.11. The standard InChI is InChI=1S/C83H103ClF3N13O11S4/c1-54(56-12-14-58(15-13-56)75-55(2)88-53-113-75)89-78(105)69-42-64(101)47-99(69)79(106)76(80(3,4)5)91-73(102)49-100-71-45-82(71)72(100)48-98(82)50-74(103)97-36-32-95(33-37-97)52-81(6)28-26-67(57-16-20-61(84)21-17-57)60(44-81)46-94-30-34-96(35-31-94)63-22-18-59(19-23-63)77(104)92-115(109,110)66-24-25-68(70(43-66)114(107,108)83(85,86)87)90-62(27-29-93-38-40-111-41-39-93)51-112-65-10-8-7-9-11-65/h7-25,43,53-54,62,64,69,71-72,76,90,101H,26-42,44-52H2,1-6H3,(H,89,105)(H,91,102)(H,92,104)/t54-,62+,64+,69-,71?,72?,76+,81?,82+/m0/s1. The average molecular weight is 1680 g/mol. The van der Waals surface area contributed by atoms with E-state index in [9.17, 15) is 59.1 Å². The van der Waals surface area contributed by atoms with Crippen molar-refractivity contribution in [3.8, 4) is 10.4 Å². The molecule has 6 aliphatic heterocycles. The van der Waals surface area contributed by atoms with Crippen LogP contribution in [0.2, 0.25) is 5.02 Å². The molecule has 2 aliphatic carbocycles. The molecule has 7 fully saturated rings. The van der Waals surface area contributed by atoms with Crippen LogP contribution in [-0.2, 0) is 43.8 Å². The Morgan fingerprint density at radius 1 is 0.791 bits per heavy atom. The van der Waals surface area contributed by atoms with E-state index in [1.165, 1.54) is 39.9 Å². The third-order valence-corrected chi connectivity index (χ3v) is 29.7. The Morgan fingerprint density at radius 2 is 1.48 bits per heavy atom. The number of ether oxygens (including phenoxy) is 1. The van der Waals surface area contributed by atoms with Crippen LogP contribution in [0.3, 0.4) is 0 Å². The number of aliphatic hydroxyl groups excluding tert-OH is 1. The van der Waals surface area contributed by atoms with Crippen molar-refractivity contribution in [2.45, 2.75) is 148 Å². The number of hydrogen-bond acceptors (Lipinski definition) is 21. The Hall–Kier alpha value is -7.53. The van der Waals surface area contributed by atoms with E-state index in [1.54, 1.807) is 23.5 Å². The van der Waals surface area contributed by atoms with Crippen molar-refractivity contribution in [3.05, 3.63) is 160 Å². The molecule has 8 aliphatic rings. The number of piperazine rings is 3. The van der Waals surface area contributed by atoms with Gasteiger partial charge < -0.3 is 40.5 Å². The highest BCUT2D eigenvalue weighted by atomic mass is 35.5. The number of aliphatic hydroxyl groups is 1. The summed E-state index contributed by atoms with van der Waals surface area (Å²) >= 11 is 9.43. The molecule has 6 saturated heterocycles. The van der Waals surface area contributed by atoms with Crippen LogP contribution < -0.4 is 25.6 Å². The van der Waals surface area contributed by atoms with Crippen molar-refractivity contribution in [2.75, 3.05) is 140 Å². The molecule has 5 N–H and O–H groups in total. The van der Waals surface area contributed by atoms with Crippen molar-refractivity contribution >= 4 is 101 Å².